The van der Waals surface area contributed by atoms with Crippen LogP contribution in [0.4, 0.5) is 13.2 Å². The van der Waals surface area contributed by atoms with Crippen molar-refractivity contribution in [2.45, 2.75) is 50.3 Å². The van der Waals surface area contributed by atoms with Crippen molar-refractivity contribution >= 4 is 21.9 Å². The predicted octanol–water partition coefficient (Wildman–Crippen LogP) is 2.33. The van der Waals surface area contributed by atoms with E-state index in [2.05, 4.69) is 0 Å². The van der Waals surface area contributed by atoms with E-state index in [0.29, 0.717) is 19.4 Å². The van der Waals surface area contributed by atoms with Crippen molar-refractivity contribution in [3.63, 3.8) is 0 Å². The van der Waals surface area contributed by atoms with Gasteiger partial charge in [-0.3, -0.25) is 4.79 Å². The van der Waals surface area contributed by atoms with Crippen molar-refractivity contribution < 1.29 is 35.9 Å². The highest BCUT2D eigenvalue weighted by atomic mass is 32.2. The van der Waals surface area contributed by atoms with E-state index in [1.54, 1.807) is 0 Å². The van der Waals surface area contributed by atoms with Gasteiger partial charge in [-0.15, -0.1) is 0 Å². The van der Waals surface area contributed by atoms with Gasteiger partial charge in [-0.25, -0.2) is 17.9 Å². The highest BCUT2D eigenvalue weighted by Gasteiger charge is 2.45. The highest BCUT2D eigenvalue weighted by molar-refractivity contribution is 7.90. The van der Waals surface area contributed by atoms with Crippen LogP contribution >= 0.6 is 0 Å². The van der Waals surface area contributed by atoms with E-state index in [1.165, 1.54) is 9.62 Å². The molecule has 1 aliphatic heterocycles. The van der Waals surface area contributed by atoms with Crippen LogP contribution < -0.4 is 4.72 Å². The van der Waals surface area contributed by atoms with Crippen LogP contribution in [-0.2, 0) is 31.0 Å². The third kappa shape index (κ3) is 6.70. The minimum Gasteiger partial charge on any atom is -0.459 e. The number of likely N-dealkylation sites (tertiary alicyclic amines) is 1. The van der Waals surface area contributed by atoms with E-state index < -0.39 is 34.1 Å². The van der Waals surface area contributed by atoms with E-state index in [1.807, 2.05) is 30.3 Å². The van der Waals surface area contributed by atoms with Crippen LogP contribution in [0.3, 0.4) is 0 Å². The van der Waals surface area contributed by atoms with Gasteiger partial charge in [-0.1, -0.05) is 30.3 Å². The molecule has 0 aliphatic carbocycles. The zero-order chi connectivity index (χ0) is 21.5. The molecule has 0 bridgehead atoms. The van der Waals surface area contributed by atoms with Gasteiger partial charge in [0.05, 0.1) is 0 Å². The summed E-state index contributed by atoms with van der Waals surface area (Å²) in [7, 11) is -5.37. The Balaban J connectivity index is 1.74. The molecule has 1 aromatic carbocycles. The third-order valence-corrected chi connectivity index (χ3v) is 5.68. The largest absolute Gasteiger partial charge is 0.511 e. The number of carbonyl (C=O) groups is 2. The topological polar surface area (TPSA) is 92.8 Å². The van der Waals surface area contributed by atoms with Crippen molar-refractivity contribution in [2.75, 3.05) is 13.1 Å². The second-order valence-electron chi connectivity index (χ2n) is 6.64. The quantitative estimate of drug-likeness (QED) is 0.474. The first-order chi connectivity index (χ1) is 13.6. The summed E-state index contributed by atoms with van der Waals surface area (Å²) in [6.07, 6.45) is 1.42. The SMILES string of the molecule is O=C(OCc1ccccc1)[C@@H]1CCCN1C(=O)CCCCNS(=O)(=O)C(F)(F)F. The number of alkyl halides is 3. The number of nitrogens with one attached hydrogen (secondary N) is 1. The van der Waals surface area contributed by atoms with Gasteiger partial charge in [0.15, 0.2) is 0 Å². The number of halogens is 3. The molecule has 1 N–H and O–H groups in total. The van der Waals surface area contributed by atoms with E-state index in [9.17, 15) is 31.2 Å². The van der Waals surface area contributed by atoms with Gasteiger partial charge in [-0.05, 0) is 31.2 Å². The second-order valence-corrected chi connectivity index (χ2v) is 8.40. The van der Waals surface area contributed by atoms with Crippen molar-refractivity contribution in [1.29, 1.82) is 0 Å². The Kier molecular flexibility index (Phi) is 8.03. The van der Waals surface area contributed by atoms with E-state index in [0.717, 1.165) is 5.56 Å². The molecule has 1 atom stereocenters. The lowest BCUT2D eigenvalue weighted by Crippen LogP contribution is -2.41. The first-order valence-corrected chi connectivity index (χ1v) is 10.7. The number of nitrogens with zero attached hydrogens (tertiary/aromatic N) is 1. The Morgan fingerprint density at radius 1 is 1.17 bits per heavy atom. The van der Waals surface area contributed by atoms with Gasteiger partial charge in [0.25, 0.3) is 0 Å². The minimum atomic E-state index is -5.37. The van der Waals surface area contributed by atoms with E-state index >= 15 is 0 Å². The molecule has 1 heterocycles. The summed E-state index contributed by atoms with van der Waals surface area (Å²) < 4.78 is 65.1. The van der Waals surface area contributed by atoms with Gasteiger partial charge >= 0.3 is 21.5 Å². The Hall–Kier alpha value is -2.14. The summed E-state index contributed by atoms with van der Waals surface area (Å²) in [6, 6.07) is 8.45. The molecular formula is C18H23F3N2O5S. The van der Waals surface area contributed by atoms with Gasteiger partial charge < -0.3 is 9.64 Å². The number of unbranched alkanes of at least 4 members (excludes halogenated alkanes) is 1. The number of carbonyl (C=O) groups excluding carboxylic acids is 2. The van der Waals surface area contributed by atoms with E-state index in [4.69, 9.17) is 4.74 Å². The van der Waals surface area contributed by atoms with Gasteiger partial charge in [0, 0.05) is 19.5 Å². The molecule has 29 heavy (non-hydrogen) atoms. The number of ether oxygens (including phenoxy) is 1. The maximum Gasteiger partial charge on any atom is 0.511 e. The number of hydrogen-bond acceptors (Lipinski definition) is 5. The van der Waals surface area contributed by atoms with Crippen molar-refractivity contribution in [1.82, 2.24) is 9.62 Å². The Bertz CT molecular complexity index is 799. The van der Waals surface area contributed by atoms with Gasteiger partial charge in [0.1, 0.15) is 12.6 Å². The maximum atomic E-state index is 12.4. The Morgan fingerprint density at radius 2 is 1.86 bits per heavy atom. The van der Waals surface area contributed by atoms with Crippen LogP contribution in [0.1, 0.15) is 37.7 Å². The smallest absolute Gasteiger partial charge is 0.459 e. The van der Waals surface area contributed by atoms with E-state index in [-0.39, 0.29) is 31.8 Å². The molecule has 2 rings (SSSR count). The summed E-state index contributed by atoms with van der Waals surface area (Å²) in [5, 5.41) is 0. The fourth-order valence-electron chi connectivity index (χ4n) is 2.97. The maximum absolute atomic E-state index is 12.4. The molecule has 1 saturated heterocycles. The number of rotatable bonds is 9. The van der Waals surface area contributed by atoms with Crippen LogP contribution in [0.2, 0.25) is 0 Å². The van der Waals surface area contributed by atoms with Crippen LogP contribution in [0.15, 0.2) is 30.3 Å². The van der Waals surface area contributed by atoms with Crippen LogP contribution in [0.25, 0.3) is 0 Å². The molecule has 1 amide bonds. The summed E-state index contributed by atoms with van der Waals surface area (Å²) in [6.45, 7) is 0.0971. The van der Waals surface area contributed by atoms with Crippen molar-refractivity contribution in [3.05, 3.63) is 35.9 Å². The molecule has 11 heteroatoms. The number of amides is 1. The molecular weight excluding hydrogens is 413 g/mol. The molecule has 0 saturated carbocycles. The molecule has 0 radical (unpaired) electrons. The summed E-state index contributed by atoms with van der Waals surface area (Å²) in [5.41, 5.74) is -4.52. The van der Waals surface area contributed by atoms with Crippen LogP contribution in [-0.4, -0.2) is 49.8 Å². The predicted molar refractivity (Wildman–Crippen MR) is 97.8 cm³/mol. The molecule has 1 aromatic rings. The first-order valence-electron chi connectivity index (χ1n) is 9.18. The third-order valence-electron chi connectivity index (χ3n) is 4.48. The first kappa shape index (κ1) is 23.1. The summed E-state index contributed by atoms with van der Waals surface area (Å²) in [4.78, 5) is 26.1. The molecule has 1 fully saturated rings. The average molecular weight is 436 g/mol. The standard InChI is InChI=1S/C18H23F3N2O5S/c19-18(20,21)29(26,27)22-11-5-4-10-16(24)23-12-6-9-15(23)17(25)28-13-14-7-2-1-3-8-14/h1-3,7-8,15,22H,4-6,9-13H2/t15-/m0/s1. The molecule has 0 spiro atoms. The summed E-state index contributed by atoms with van der Waals surface area (Å²) >= 11 is 0. The van der Waals surface area contributed by atoms with Crippen molar-refractivity contribution in [3.8, 4) is 0 Å². The molecule has 7 nitrogen and oxygen atoms in total. The molecule has 0 unspecified atom stereocenters. The minimum absolute atomic E-state index is 0.0101. The number of hydrogen-bond donors (Lipinski definition) is 1. The van der Waals surface area contributed by atoms with Crippen molar-refractivity contribution in [2.24, 2.45) is 0 Å². The number of benzene rings is 1. The Labute approximate surface area is 167 Å². The zero-order valence-electron chi connectivity index (χ0n) is 15.7. The second kappa shape index (κ2) is 10.1. The highest BCUT2D eigenvalue weighted by Crippen LogP contribution is 2.22. The van der Waals surface area contributed by atoms with Crippen LogP contribution in [0, 0.1) is 0 Å². The molecule has 1 aliphatic rings. The lowest BCUT2D eigenvalue weighted by Gasteiger charge is -2.23. The van der Waals surface area contributed by atoms with Gasteiger partial charge in [0.2, 0.25) is 5.91 Å². The fraction of sp³-hybridized carbons (Fsp3) is 0.556. The van der Waals surface area contributed by atoms with Gasteiger partial charge in [-0.2, -0.15) is 13.2 Å². The Morgan fingerprint density at radius 3 is 2.52 bits per heavy atom. The number of sulfonamides is 1. The lowest BCUT2D eigenvalue weighted by atomic mass is 10.2. The zero-order valence-corrected chi connectivity index (χ0v) is 16.5. The van der Waals surface area contributed by atoms with Crippen LogP contribution in [0.5, 0.6) is 0 Å². The summed E-state index contributed by atoms with van der Waals surface area (Å²) in [5.74, 6) is -0.791. The average Bonchev–Trinajstić information content (AvgIpc) is 3.15. The number of esters is 1. The monoisotopic (exact) mass is 436 g/mol. The normalized spacial score (nSPS) is 17.3. The molecule has 162 valence electrons. The molecule has 0 aromatic heterocycles. The fourth-order valence-corrected chi connectivity index (χ4v) is 3.55. The lowest BCUT2D eigenvalue weighted by molar-refractivity contribution is -0.154.